The van der Waals surface area contributed by atoms with Crippen LogP contribution in [0.5, 0.6) is 5.75 Å². The van der Waals surface area contributed by atoms with Crippen LogP contribution in [0.1, 0.15) is 23.2 Å². The first-order chi connectivity index (χ1) is 9.41. The fraction of sp³-hybridized carbons (Fsp3) is 0.462. The van der Waals surface area contributed by atoms with E-state index in [0.29, 0.717) is 24.3 Å². The van der Waals surface area contributed by atoms with Crippen molar-refractivity contribution in [3.63, 3.8) is 0 Å². The normalized spacial score (nSPS) is 18.4. The third-order valence-corrected chi connectivity index (χ3v) is 5.09. The van der Waals surface area contributed by atoms with E-state index in [1.54, 1.807) is 12.1 Å². The fourth-order valence-electron chi connectivity index (χ4n) is 2.21. The molecule has 0 spiro atoms. The minimum atomic E-state index is -2.93. The summed E-state index contributed by atoms with van der Waals surface area (Å²) in [5.41, 5.74) is 0.611. The highest BCUT2D eigenvalue weighted by Crippen LogP contribution is 2.25. The summed E-state index contributed by atoms with van der Waals surface area (Å²) in [6.07, 6.45) is 0.969. The Hall–Kier alpha value is -1.76. The van der Waals surface area contributed by atoms with E-state index in [1.807, 2.05) is 0 Å². The van der Waals surface area contributed by atoms with E-state index >= 15 is 0 Å². The number of sulfone groups is 1. The van der Waals surface area contributed by atoms with Crippen molar-refractivity contribution in [2.24, 2.45) is 0 Å². The summed E-state index contributed by atoms with van der Waals surface area (Å²) in [6.45, 7) is 0. The molecule has 1 aromatic rings. The molecule has 0 amide bonds. The van der Waals surface area contributed by atoms with Gasteiger partial charge in [0.2, 0.25) is 0 Å². The standard InChI is InChI=1S/C13H17NO5S/c1-19-10-2-3-11(13(15)16)12(8-10)14-9-4-6-20(17,18)7-5-9/h2-3,8-9,14H,4-7H2,1H3,(H,15,16). The molecule has 0 radical (unpaired) electrons. The zero-order valence-electron chi connectivity index (χ0n) is 11.1. The van der Waals surface area contributed by atoms with Gasteiger partial charge >= 0.3 is 5.97 Å². The molecular formula is C13H17NO5S. The quantitative estimate of drug-likeness (QED) is 0.872. The second-order valence-corrected chi connectivity index (χ2v) is 7.09. The maximum Gasteiger partial charge on any atom is 0.337 e. The Balaban J connectivity index is 2.17. The number of hydrogen-bond donors (Lipinski definition) is 2. The minimum absolute atomic E-state index is 0.0382. The summed E-state index contributed by atoms with van der Waals surface area (Å²) in [5.74, 6) is -0.201. The van der Waals surface area contributed by atoms with Crippen LogP contribution in [0.3, 0.4) is 0 Å². The fourth-order valence-corrected chi connectivity index (χ4v) is 3.70. The average Bonchev–Trinajstić information content (AvgIpc) is 2.40. The van der Waals surface area contributed by atoms with Gasteiger partial charge in [-0.1, -0.05) is 0 Å². The van der Waals surface area contributed by atoms with Crippen LogP contribution in [-0.4, -0.2) is 44.2 Å². The molecule has 1 aromatic carbocycles. The first kappa shape index (κ1) is 14.6. The number of rotatable bonds is 4. The Morgan fingerprint density at radius 3 is 2.55 bits per heavy atom. The van der Waals surface area contributed by atoms with Gasteiger partial charge in [0, 0.05) is 12.1 Å². The Labute approximate surface area is 117 Å². The molecule has 110 valence electrons. The van der Waals surface area contributed by atoms with Gasteiger partial charge in [0.05, 0.1) is 29.9 Å². The van der Waals surface area contributed by atoms with Crippen molar-refractivity contribution in [2.75, 3.05) is 23.9 Å². The van der Waals surface area contributed by atoms with Gasteiger partial charge in [-0.05, 0) is 25.0 Å². The van der Waals surface area contributed by atoms with E-state index in [9.17, 15) is 13.2 Å². The molecule has 1 heterocycles. The van der Waals surface area contributed by atoms with E-state index < -0.39 is 15.8 Å². The van der Waals surface area contributed by atoms with Gasteiger partial charge in [0.15, 0.2) is 0 Å². The molecule has 0 bridgehead atoms. The number of aromatic carboxylic acids is 1. The van der Waals surface area contributed by atoms with Crippen molar-refractivity contribution in [3.8, 4) is 5.75 Å². The number of ether oxygens (including phenoxy) is 1. The van der Waals surface area contributed by atoms with E-state index in [4.69, 9.17) is 9.84 Å². The number of nitrogens with one attached hydrogen (secondary N) is 1. The molecule has 1 aliphatic rings. The van der Waals surface area contributed by atoms with E-state index in [1.165, 1.54) is 13.2 Å². The molecule has 1 fully saturated rings. The number of anilines is 1. The van der Waals surface area contributed by atoms with Crippen LogP contribution >= 0.6 is 0 Å². The molecule has 0 aromatic heterocycles. The lowest BCUT2D eigenvalue weighted by molar-refractivity contribution is 0.0698. The second kappa shape index (κ2) is 5.70. The summed E-state index contributed by atoms with van der Waals surface area (Å²) in [4.78, 5) is 11.2. The van der Waals surface area contributed by atoms with Crippen LogP contribution in [0, 0.1) is 0 Å². The molecule has 2 N–H and O–H groups in total. The van der Waals surface area contributed by atoms with Crippen LogP contribution in [-0.2, 0) is 9.84 Å². The molecule has 0 aliphatic carbocycles. The highest BCUT2D eigenvalue weighted by Gasteiger charge is 2.24. The summed E-state index contributed by atoms with van der Waals surface area (Å²) in [5, 5.41) is 12.3. The Morgan fingerprint density at radius 1 is 1.35 bits per heavy atom. The number of benzene rings is 1. The number of carboxylic acids is 1. The van der Waals surface area contributed by atoms with E-state index in [2.05, 4.69) is 5.32 Å². The van der Waals surface area contributed by atoms with Crippen molar-refractivity contribution in [1.82, 2.24) is 0 Å². The number of hydrogen-bond acceptors (Lipinski definition) is 5. The highest BCUT2D eigenvalue weighted by molar-refractivity contribution is 7.91. The largest absolute Gasteiger partial charge is 0.497 e. The molecule has 2 rings (SSSR count). The zero-order valence-corrected chi connectivity index (χ0v) is 11.9. The molecular weight excluding hydrogens is 282 g/mol. The van der Waals surface area contributed by atoms with Crippen molar-refractivity contribution >= 4 is 21.5 Å². The summed E-state index contributed by atoms with van der Waals surface area (Å²) in [7, 11) is -1.42. The van der Waals surface area contributed by atoms with Crippen molar-refractivity contribution in [1.29, 1.82) is 0 Å². The van der Waals surface area contributed by atoms with Crippen LogP contribution < -0.4 is 10.1 Å². The minimum Gasteiger partial charge on any atom is -0.497 e. The molecule has 20 heavy (non-hydrogen) atoms. The van der Waals surface area contributed by atoms with Crippen molar-refractivity contribution in [2.45, 2.75) is 18.9 Å². The molecule has 0 unspecified atom stereocenters. The molecule has 7 heteroatoms. The van der Waals surface area contributed by atoms with Crippen LogP contribution in [0.15, 0.2) is 18.2 Å². The van der Waals surface area contributed by atoms with Crippen LogP contribution in [0.25, 0.3) is 0 Å². The second-order valence-electron chi connectivity index (χ2n) is 4.79. The number of methoxy groups -OCH3 is 1. The third-order valence-electron chi connectivity index (χ3n) is 3.37. The Bertz CT molecular complexity index is 597. The number of carbonyl (C=O) groups is 1. The molecule has 0 atom stereocenters. The van der Waals surface area contributed by atoms with Gasteiger partial charge < -0.3 is 15.2 Å². The summed E-state index contributed by atoms with van der Waals surface area (Å²) < 4.78 is 27.8. The maximum atomic E-state index is 11.4. The number of carboxylic acid groups (broad SMARTS) is 1. The van der Waals surface area contributed by atoms with Gasteiger partial charge in [-0.3, -0.25) is 0 Å². The van der Waals surface area contributed by atoms with Gasteiger partial charge in [0.25, 0.3) is 0 Å². The molecule has 1 saturated heterocycles. The smallest absolute Gasteiger partial charge is 0.337 e. The van der Waals surface area contributed by atoms with Gasteiger partial charge in [-0.15, -0.1) is 0 Å². The van der Waals surface area contributed by atoms with E-state index in [-0.39, 0.29) is 23.1 Å². The highest BCUT2D eigenvalue weighted by atomic mass is 32.2. The predicted octanol–water partition coefficient (Wildman–Crippen LogP) is 1.38. The Morgan fingerprint density at radius 2 is 2.00 bits per heavy atom. The topological polar surface area (TPSA) is 92.7 Å². The summed E-state index contributed by atoms with van der Waals surface area (Å²) in [6, 6.07) is 4.64. The third kappa shape index (κ3) is 3.41. The van der Waals surface area contributed by atoms with Gasteiger partial charge in [-0.2, -0.15) is 0 Å². The lowest BCUT2D eigenvalue weighted by Gasteiger charge is -2.25. The van der Waals surface area contributed by atoms with Crippen LogP contribution in [0.2, 0.25) is 0 Å². The average molecular weight is 299 g/mol. The van der Waals surface area contributed by atoms with Crippen molar-refractivity contribution in [3.05, 3.63) is 23.8 Å². The Kier molecular flexibility index (Phi) is 4.17. The van der Waals surface area contributed by atoms with Crippen molar-refractivity contribution < 1.29 is 23.1 Å². The summed E-state index contributed by atoms with van der Waals surface area (Å²) >= 11 is 0. The molecule has 0 saturated carbocycles. The first-order valence-corrected chi connectivity index (χ1v) is 8.12. The van der Waals surface area contributed by atoms with E-state index in [0.717, 1.165) is 0 Å². The van der Waals surface area contributed by atoms with Gasteiger partial charge in [0.1, 0.15) is 15.6 Å². The monoisotopic (exact) mass is 299 g/mol. The predicted molar refractivity (Wildman–Crippen MR) is 75.3 cm³/mol. The SMILES string of the molecule is COc1ccc(C(=O)O)c(NC2CCS(=O)(=O)CC2)c1. The zero-order chi connectivity index (χ0) is 14.8. The lowest BCUT2D eigenvalue weighted by atomic mass is 10.1. The molecule has 1 aliphatic heterocycles. The van der Waals surface area contributed by atoms with Crippen LogP contribution in [0.4, 0.5) is 5.69 Å². The maximum absolute atomic E-state index is 11.4. The molecule has 6 nitrogen and oxygen atoms in total. The van der Waals surface area contributed by atoms with Gasteiger partial charge in [-0.25, -0.2) is 13.2 Å². The first-order valence-electron chi connectivity index (χ1n) is 6.29. The lowest BCUT2D eigenvalue weighted by Crippen LogP contribution is -2.32.